The first-order valence-corrected chi connectivity index (χ1v) is 7.29. The van der Waals surface area contributed by atoms with Crippen molar-refractivity contribution in [1.29, 1.82) is 0 Å². The maximum absolute atomic E-state index is 12.8. The van der Waals surface area contributed by atoms with Gasteiger partial charge >= 0.3 is 0 Å². The lowest BCUT2D eigenvalue weighted by Crippen LogP contribution is -2.27. The van der Waals surface area contributed by atoms with Gasteiger partial charge in [0.25, 0.3) is 0 Å². The molecule has 1 amide bonds. The number of anilines is 1. The molecule has 0 fully saturated rings. The fourth-order valence-electron chi connectivity index (χ4n) is 2.29. The Kier molecular flexibility index (Phi) is 4.59. The Hall–Kier alpha value is -2.79. The summed E-state index contributed by atoms with van der Waals surface area (Å²) in [5.41, 5.74) is 1.68. The van der Waals surface area contributed by atoms with Crippen LogP contribution in [-0.4, -0.2) is 17.4 Å². The Labute approximate surface area is 133 Å². The highest BCUT2D eigenvalue weighted by atomic mass is 19.1. The molecule has 1 heterocycles. The topological polar surface area (TPSA) is 54.0 Å². The molecule has 0 aliphatic rings. The highest BCUT2D eigenvalue weighted by molar-refractivity contribution is 5.95. The number of fused-ring (bicyclic) bond motifs is 1. The van der Waals surface area contributed by atoms with Crippen LogP contribution < -0.4 is 10.6 Å². The Bertz CT molecular complexity index is 818. The van der Waals surface area contributed by atoms with Crippen LogP contribution in [0.4, 0.5) is 10.1 Å². The molecule has 23 heavy (non-hydrogen) atoms. The summed E-state index contributed by atoms with van der Waals surface area (Å²) in [6.07, 6.45) is 3.50. The quantitative estimate of drug-likeness (QED) is 0.761. The molecule has 5 heteroatoms. The lowest BCUT2D eigenvalue weighted by molar-refractivity contribution is -0.115. The van der Waals surface area contributed by atoms with Crippen molar-refractivity contribution in [2.75, 3.05) is 11.9 Å². The van der Waals surface area contributed by atoms with Gasteiger partial charge in [0, 0.05) is 30.0 Å². The van der Waals surface area contributed by atoms with E-state index >= 15 is 0 Å². The third-order valence-electron chi connectivity index (χ3n) is 3.45. The van der Waals surface area contributed by atoms with Crippen LogP contribution in [0.15, 0.2) is 60.9 Å². The van der Waals surface area contributed by atoms with Crippen molar-refractivity contribution < 1.29 is 9.18 Å². The van der Waals surface area contributed by atoms with Crippen LogP contribution in [0.25, 0.3) is 10.8 Å². The Morgan fingerprint density at radius 1 is 1.04 bits per heavy atom. The van der Waals surface area contributed by atoms with Crippen molar-refractivity contribution in [1.82, 2.24) is 10.3 Å². The molecule has 2 N–H and O–H groups in total. The molecule has 116 valence electrons. The molecule has 0 aliphatic carbocycles. The Balaban J connectivity index is 1.53. The molecule has 3 rings (SSSR count). The third-order valence-corrected chi connectivity index (χ3v) is 3.45. The summed E-state index contributed by atoms with van der Waals surface area (Å²) < 4.78 is 12.8. The second-order valence-corrected chi connectivity index (χ2v) is 5.22. The number of nitrogens with one attached hydrogen (secondary N) is 2. The summed E-state index contributed by atoms with van der Waals surface area (Å²) in [7, 11) is 0. The average molecular weight is 309 g/mol. The molecular weight excluding hydrogens is 293 g/mol. The van der Waals surface area contributed by atoms with E-state index in [1.54, 1.807) is 24.5 Å². The van der Waals surface area contributed by atoms with E-state index in [0.29, 0.717) is 6.54 Å². The van der Waals surface area contributed by atoms with Crippen LogP contribution in [0.5, 0.6) is 0 Å². The summed E-state index contributed by atoms with van der Waals surface area (Å²) in [5, 5.41) is 7.93. The van der Waals surface area contributed by atoms with Crippen LogP contribution >= 0.6 is 0 Å². The third kappa shape index (κ3) is 4.11. The number of carbonyl (C=O) groups is 1. The number of aromatic nitrogens is 1. The molecule has 0 spiro atoms. The fraction of sp³-hybridized carbons (Fsp3) is 0.111. The van der Waals surface area contributed by atoms with Crippen LogP contribution in [0.3, 0.4) is 0 Å². The van der Waals surface area contributed by atoms with Crippen molar-refractivity contribution in [3.05, 3.63) is 72.3 Å². The fourth-order valence-corrected chi connectivity index (χ4v) is 2.29. The van der Waals surface area contributed by atoms with Gasteiger partial charge in [-0.05, 0) is 41.3 Å². The number of hydrogen-bond donors (Lipinski definition) is 2. The molecule has 0 bridgehead atoms. The van der Waals surface area contributed by atoms with Gasteiger partial charge in [0.2, 0.25) is 5.91 Å². The number of hydrogen-bond acceptors (Lipinski definition) is 3. The summed E-state index contributed by atoms with van der Waals surface area (Å²) in [4.78, 5) is 16.0. The molecule has 2 aromatic carbocycles. The molecule has 1 aromatic heterocycles. The summed E-state index contributed by atoms with van der Waals surface area (Å²) >= 11 is 0. The van der Waals surface area contributed by atoms with Crippen molar-refractivity contribution in [2.24, 2.45) is 0 Å². The molecule has 0 saturated carbocycles. The Morgan fingerprint density at radius 2 is 1.87 bits per heavy atom. The molecule has 0 atom stereocenters. The number of carbonyl (C=O) groups excluding carboxylic acids is 1. The van der Waals surface area contributed by atoms with Crippen LogP contribution in [0, 0.1) is 5.82 Å². The van der Waals surface area contributed by atoms with E-state index in [1.165, 1.54) is 12.1 Å². The standard InChI is InChI=1S/C18H16FN3O/c19-16-4-1-13(2-5-16)10-21-12-18(23)22-17-6-3-15-11-20-8-7-14(15)9-17/h1-9,11,21H,10,12H2,(H,22,23). The van der Waals surface area contributed by atoms with Gasteiger partial charge in [-0.25, -0.2) is 4.39 Å². The van der Waals surface area contributed by atoms with E-state index in [0.717, 1.165) is 22.0 Å². The molecule has 3 aromatic rings. The number of pyridine rings is 1. The van der Waals surface area contributed by atoms with Gasteiger partial charge in [0.15, 0.2) is 0 Å². The highest BCUT2D eigenvalue weighted by Gasteiger charge is 2.03. The maximum Gasteiger partial charge on any atom is 0.238 e. The lowest BCUT2D eigenvalue weighted by Gasteiger charge is -2.08. The Morgan fingerprint density at radius 3 is 2.70 bits per heavy atom. The van der Waals surface area contributed by atoms with E-state index < -0.39 is 0 Å². The number of benzene rings is 2. The largest absolute Gasteiger partial charge is 0.325 e. The zero-order chi connectivity index (χ0) is 16.1. The van der Waals surface area contributed by atoms with Crippen LogP contribution in [-0.2, 0) is 11.3 Å². The minimum atomic E-state index is -0.266. The molecular formula is C18H16FN3O. The van der Waals surface area contributed by atoms with Crippen molar-refractivity contribution >= 4 is 22.4 Å². The van der Waals surface area contributed by atoms with E-state index in [2.05, 4.69) is 15.6 Å². The average Bonchev–Trinajstić information content (AvgIpc) is 2.56. The zero-order valence-electron chi connectivity index (χ0n) is 12.4. The lowest BCUT2D eigenvalue weighted by atomic mass is 10.1. The molecule has 0 radical (unpaired) electrons. The summed E-state index contributed by atoms with van der Waals surface area (Å²) in [6, 6.07) is 13.8. The molecule has 4 nitrogen and oxygen atoms in total. The predicted octanol–water partition coefficient (Wildman–Crippen LogP) is 3.10. The van der Waals surface area contributed by atoms with Gasteiger partial charge < -0.3 is 10.6 Å². The van der Waals surface area contributed by atoms with Gasteiger partial charge in [-0.15, -0.1) is 0 Å². The van der Waals surface area contributed by atoms with Crippen LogP contribution in [0.1, 0.15) is 5.56 Å². The van der Waals surface area contributed by atoms with Gasteiger partial charge in [-0.2, -0.15) is 0 Å². The van der Waals surface area contributed by atoms with Gasteiger partial charge in [-0.3, -0.25) is 9.78 Å². The maximum atomic E-state index is 12.8. The van der Waals surface area contributed by atoms with E-state index in [-0.39, 0.29) is 18.3 Å². The minimum Gasteiger partial charge on any atom is -0.325 e. The van der Waals surface area contributed by atoms with Crippen LogP contribution in [0.2, 0.25) is 0 Å². The normalized spacial score (nSPS) is 10.7. The molecule has 0 unspecified atom stereocenters. The highest BCUT2D eigenvalue weighted by Crippen LogP contribution is 2.17. The first-order chi connectivity index (χ1) is 11.2. The number of rotatable bonds is 5. The first kappa shape index (κ1) is 15.1. The van der Waals surface area contributed by atoms with E-state index in [1.807, 2.05) is 24.3 Å². The van der Waals surface area contributed by atoms with E-state index in [9.17, 15) is 9.18 Å². The first-order valence-electron chi connectivity index (χ1n) is 7.29. The molecule has 0 saturated heterocycles. The summed E-state index contributed by atoms with van der Waals surface area (Å²) in [6.45, 7) is 0.697. The zero-order valence-corrected chi connectivity index (χ0v) is 12.4. The van der Waals surface area contributed by atoms with Crippen molar-refractivity contribution in [3.8, 4) is 0 Å². The second-order valence-electron chi connectivity index (χ2n) is 5.22. The SMILES string of the molecule is O=C(CNCc1ccc(F)cc1)Nc1ccc2cnccc2c1. The van der Waals surface area contributed by atoms with Crippen molar-refractivity contribution in [2.45, 2.75) is 6.54 Å². The monoisotopic (exact) mass is 309 g/mol. The predicted molar refractivity (Wildman–Crippen MR) is 88.5 cm³/mol. The number of nitrogens with zero attached hydrogens (tertiary/aromatic N) is 1. The van der Waals surface area contributed by atoms with E-state index in [4.69, 9.17) is 0 Å². The van der Waals surface area contributed by atoms with Gasteiger partial charge in [-0.1, -0.05) is 18.2 Å². The van der Waals surface area contributed by atoms with Gasteiger partial charge in [0.1, 0.15) is 5.82 Å². The molecule has 0 aliphatic heterocycles. The second kappa shape index (κ2) is 6.98. The minimum absolute atomic E-state index is 0.125. The smallest absolute Gasteiger partial charge is 0.238 e. The number of halogens is 1. The number of amides is 1. The summed E-state index contributed by atoms with van der Waals surface area (Å²) in [5.74, 6) is -0.390. The van der Waals surface area contributed by atoms with Crippen molar-refractivity contribution in [3.63, 3.8) is 0 Å². The van der Waals surface area contributed by atoms with Gasteiger partial charge in [0.05, 0.1) is 6.54 Å².